The lowest BCUT2D eigenvalue weighted by Crippen LogP contribution is -2.53. The van der Waals surface area contributed by atoms with Crippen molar-refractivity contribution in [1.82, 2.24) is 16.0 Å². The van der Waals surface area contributed by atoms with Crippen molar-refractivity contribution in [2.75, 3.05) is 13.2 Å². The lowest BCUT2D eigenvalue weighted by molar-refractivity contribution is -0.124. The third kappa shape index (κ3) is 8.84. The lowest BCUT2D eigenvalue weighted by Gasteiger charge is -2.26. The van der Waals surface area contributed by atoms with E-state index in [9.17, 15) is 14.4 Å². The summed E-state index contributed by atoms with van der Waals surface area (Å²) >= 11 is 0. The first-order chi connectivity index (χ1) is 14.0. The highest BCUT2D eigenvalue weighted by molar-refractivity contribution is 5.94. The zero-order valence-electron chi connectivity index (χ0n) is 19.2. The fourth-order valence-corrected chi connectivity index (χ4v) is 2.68. The van der Waals surface area contributed by atoms with Crippen LogP contribution >= 0.6 is 0 Å². The predicted octanol–water partition coefficient (Wildman–Crippen LogP) is 3.27. The van der Waals surface area contributed by atoms with Crippen LogP contribution in [0.1, 0.15) is 57.5 Å². The Hall–Kier alpha value is -2.57. The zero-order valence-corrected chi connectivity index (χ0v) is 19.2. The van der Waals surface area contributed by atoms with Crippen molar-refractivity contribution in [3.63, 3.8) is 0 Å². The number of carbonyl (C=O) groups is 3. The van der Waals surface area contributed by atoms with Gasteiger partial charge < -0.3 is 20.7 Å². The Morgan fingerprint density at radius 3 is 2.00 bits per heavy atom. The summed E-state index contributed by atoms with van der Waals surface area (Å²) in [5, 5.41) is 8.48. The number of nitrogens with one attached hydrogen (secondary N) is 3. The summed E-state index contributed by atoms with van der Waals surface area (Å²) in [6.07, 6.45) is -0.606. The largest absolute Gasteiger partial charge is 0.449 e. The molecule has 168 valence electrons. The Labute approximate surface area is 180 Å². The van der Waals surface area contributed by atoms with Crippen LogP contribution in [0.25, 0.3) is 0 Å². The minimum Gasteiger partial charge on any atom is -0.449 e. The normalized spacial score (nSPS) is 13.1. The van der Waals surface area contributed by atoms with Crippen LogP contribution in [0, 0.1) is 24.7 Å². The summed E-state index contributed by atoms with van der Waals surface area (Å²) in [5.74, 6) is -0.274. The van der Waals surface area contributed by atoms with Crippen molar-refractivity contribution in [2.45, 2.75) is 60.5 Å². The SMILES string of the molecule is Cc1ccc(C(=O)NC(CNC(=O)C(NC(=O)OCC(C)C)C(C)C)C(C)C)cc1. The number of alkyl carbamates (subject to hydrolysis) is 1. The molecule has 0 aliphatic rings. The molecule has 0 radical (unpaired) electrons. The summed E-state index contributed by atoms with van der Waals surface area (Å²) in [5.41, 5.74) is 1.66. The molecular formula is C23H37N3O4. The van der Waals surface area contributed by atoms with Gasteiger partial charge in [-0.3, -0.25) is 9.59 Å². The molecule has 0 aliphatic heterocycles. The molecule has 1 rings (SSSR count). The van der Waals surface area contributed by atoms with E-state index in [-0.39, 0.29) is 42.2 Å². The molecule has 0 fully saturated rings. The zero-order chi connectivity index (χ0) is 22.8. The van der Waals surface area contributed by atoms with E-state index < -0.39 is 12.1 Å². The molecule has 1 aromatic rings. The van der Waals surface area contributed by atoms with Crippen molar-refractivity contribution < 1.29 is 19.1 Å². The number of rotatable bonds is 10. The molecule has 0 saturated carbocycles. The number of hydrogen-bond donors (Lipinski definition) is 3. The van der Waals surface area contributed by atoms with Crippen molar-refractivity contribution in [1.29, 1.82) is 0 Å². The van der Waals surface area contributed by atoms with Crippen LogP contribution in [-0.4, -0.2) is 43.1 Å². The van der Waals surface area contributed by atoms with Crippen molar-refractivity contribution >= 4 is 17.9 Å². The molecule has 0 saturated heterocycles. The maximum absolute atomic E-state index is 12.7. The van der Waals surface area contributed by atoms with E-state index in [1.807, 2.05) is 60.6 Å². The van der Waals surface area contributed by atoms with Crippen LogP contribution in [0.3, 0.4) is 0 Å². The molecule has 1 aromatic carbocycles. The van der Waals surface area contributed by atoms with E-state index in [0.717, 1.165) is 5.56 Å². The number of aryl methyl sites for hydroxylation is 1. The van der Waals surface area contributed by atoms with Gasteiger partial charge in [0.15, 0.2) is 0 Å². The van der Waals surface area contributed by atoms with Gasteiger partial charge in [-0.05, 0) is 36.8 Å². The van der Waals surface area contributed by atoms with E-state index >= 15 is 0 Å². The minimum atomic E-state index is -0.717. The van der Waals surface area contributed by atoms with Crippen molar-refractivity contribution in [3.8, 4) is 0 Å². The van der Waals surface area contributed by atoms with Gasteiger partial charge in [0.25, 0.3) is 5.91 Å². The van der Waals surface area contributed by atoms with Crippen LogP contribution in [0.2, 0.25) is 0 Å². The number of ether oxygens (including phenoxy) is 1. The molecule has 3 N–H and O–H groups in total. The van der Waals surface area contributed by atoms with E-state index in [0.29, 0.717) is 12.2 Å². The molecule has 2 atom stereocenters. The summed E-state index contributed by atoms with van der Waals surface area (Å²) in [6, 6.07) is 6.37. The van der Waals surface area contributed by atoms with Crippen LogP contribution in [0.15, 0.2) is 24.3 Å². The van der Waals surface area contributed by atoms with Gasteiger partial charge in [-0.15, -0.1) is 0 Å². The summed E-state index contributed by atoms with van der Waals surface area (Å²) in [7, 11) is 0. The topological polar surface area (TPSA) is 96.5 Å². The molecular weight excluding hydrogens is 382 g/mol. The van der Waals surface area contributed by atoms with Crippen molar-refractivity contribution in [3.05, 3.63) is 35.4 Å². The van der Waals surface area contributed by atoms with Crippen molar-refractivity contribution in [2.24, 2.45) is 17.8 Å². The van der Waals surface area contributed by atoms with Crippen LogP contribution in [0.5, 0.6) is 0 Å². The monoisotopic (exact) mass is 419 g/mol. The second-order valence-electron chi connectivity index (χ2n) is 8.79. The Morgan fingerprint density at radius 1 is 0.900 bits per heavy atom. The van der Waals surface area contributed by atoms with E-state index in [4.69, 9.17) is 4.74 Å². The van der Waals surface area contributed by atoms with Gasteiger partial charge in [0.2, 0.25) is 5.91 Å². The third-order valence-electron chi connectivity index (χ3n) is 4.70. The van der Waals surface area contributed by atoms with E-state index in [2.05, 4.69) is 16.0 Å². The molecule has 7 nitrogen and oxygen atoms in total. The second-order valence-corrected chi connectivity index (χ2v) is 8.79. The first-order valence-electron chi connectivity index (χ1n) is 10.6. The van der Waals surface area contributed by atoms with E-state index in [1.54, 1.807) is 12.1 Å². The average Bonchev–Trinajstić information content (AvgIpc) is 2.67. The molecule has 0 heterocycles. The maximum atomic E-state index is 12.7. The molecule has 7 heteroatoms. The molecule has 3 amide bonds. The van der Waals surface area contributed by atoms with E-state index in [1.165, 1.54) is 0 Å². The Kier molecular flexibility index (Phi) is 10.4. The highest BCUT2D eigenvalue weighted by Gasteiger charge is 2.26. The first-order valence-corrected chi connectivity index (χ1v) is 10.6. The lowest BCUT2D eigenvalue weighted by atomic mass is 10.0. The second kappa shape index (κ2) is 12.2. The quantitative estimate of drug-likeness (QED) is 0.542. The fourth-order valence-electron chi connectivity index (χ4n) is 2.68. The van der Waals surface area contributed by atoms with Crippen LogP contribution in [0.4, 0.5) is 4.79 Å². The maximum Gasteiger partial charge on any atom is 0.407 e. The van der Waals surface area contributed by atoms with Gasteiger partial charge >= 0.3 is 6.09 Å². The van der Waals surface area contributed by atoms with Gasteiger partial charge in [0.1, 0.15) is 6.04 Å². The minimum absolute atomic E-state index is 0.112. The Morgan fingerprint density at radius 2 is 1.50 bits per heavy atom. The van der Waals surface area contributed by atoms with Gasteiger partial charge in [-0.2, -0.15) is 0 Å². The molecule has 0 bridgehead atoms. The van der Waals surface area contributed by atoms with Gasteiger partial charge in [0, 0.05) is 18.2 Å². The highest BCUT2D eigenvalue weighted by Crippen LogP contribution is 2.08. The van der Waals surface area contributed by atoms with Crippen LogP contribution < -0.4 is 16.0 Å². The molecule has 0 aliphatic carbocycles. The molecule has 0 aromatic heterocycles. The van der Waals surface area contributed by atoms with Crippen LogP contribution in [-0.2, 0) is 9.53 Å². The van der Waals surface area contributed by atoms with Gasteiger partial charge in [-0.1, -0.05) is 59.2 Å². The number of carbonyl (C=O) groups excluding carboxylic acids is 3. The van der Waals surface area contributed by atoms with Gasteiger partial charge in [-0.25, -0.2) is 4.79 Å². The highest BCUT2D eigenvalue weighted by atomic mass is 16.5. The standard InChI is InChI=1S/C23H37N3O4/c1-14(2)13-30-23(29)26-20(16(5)6)22(28)24-12-19(15(3)4)25-21(27)18-10-8-17(7)9-11-18/h8-11,14-16,19-20H,12-13H2,1-7H3,(H,24,28)(H,25,27)(H,26,29). The predicted molar refractivity (Wildman–Crippen MR) is 118 cm³/mol. The number of hydrogen-bond acceptors (Lipinski definition) is 4. The smallest absolute Gasteiger partial charge is 0.407 e. The molecule has 30 heavy (non-hydrogen) atoms. The Balaban J connectivity index is 2.67. The molecule has 0 spiro atoms. The third-order valence-corrected chi connectivity index (χ3v) is 4.70. The first kappa shape index (κ1) is 25.5. The molecule has 2 unspecified atom stereocenters. The summed E-state index contributed by atoms with van der Waals surface area (Å²) in [6.45, 7) is 14.1. The number of benzene rings is 1. The summed E-state index contributed by atoms with van der Waals surface area (Å²) in [4.78, 5) is 37.2. The summed E-state index contributed by atoms with van der Waals surface area (Å²) < 4.78 is 5.12. The van der Waals surface area contributed by atoms with Gasteiger partial charge in [0.05, 0.1) is 6.61 Å². The fraction of sp³-hybridized carbons (Fsp3) is 0.609. The number of amides is 3. The average molecular weight is 420 g/mol. The Bertz CT molecular complexity index is 699.